The Labute approximate surface area is 138 Å². The highest BCUT2D eigenvalue weighted by Gasteiger charge is 2.46. The Morgan fingerprint density at radius 1 is 1.27 bits per heavy atom. The molecule has 0 unspecified atom stereocenters. The summed E-state index contributed by atoms with van der Waals surface area (Å²) in [7, 11) is 0. The van der Waals surface area contributed by atoms with E-state index in [1.165, 1.54) is 0 Å². The van der Waals surface area contributed by atoms with Crippen molar-refractivity contribution in [1.29, 1.82) is 5.26 Å². The topological polar surface area (TPSA) is 53.8 Å². The first kappa shape index (κ1) is 15.0. The van der Waals surface area contributed by atoms with E-state index in [9.17, 15) is 10.1 Å². The molecular formula is C17H12Cl2N2O. The van der Waals surface area contributed by atoms with Crippen molar-refractivity contribution in [2.45, 2.75) is 18.3 Å². The molecule has 0 bridgehead atoms. The van der Waals surface area contributed by atoms with Gasteiger partial charge in [-0.3, -0.25) is 9.78 Å². The molecule has 3 nitrogen and oxygen atoms in total. The van der Waals surface area contributed by atoms with Gasteiger partial charge in [0.15, 0.2) is 5.78 Å². The van der Waals surface area contributed by atoms with Crippen LogP contribution in [0.1, 0.15) is 29.5 Å². The number of rotatable bonds is 4. The highest BCUT2D eigenvalue weighted by molar-refractivity contribution is 6.42. The van der Waals surface area contributed by atoms with Crippen LogP contribution in [0, 0.1) is 17.2 Å². The van der Waals surface area contributed by atoms with Crippen LogP contribution in [-0.4, -0.2) is 10.8 Å². The molecule has 22 heavy (non-hydrogen) atoms. The summed E-state index contributed by atoms with van der Waals surface area (Å²) >= 11 is 11.9. The van der Waals surface area contributed by atoms with E-state index in [4.69, 9.17) is 23.2 Å². The van der Waals surface area contributed by atoms with Crippen LogP contribution >= 0.6 is 23.2 Å². The zero-order valence-electron chi connectivity index (χ0n) is 11.5. The van der Waals surface area contributed by atoms with Crippen LogP contribution in [0.15, 0.2) is 42.6 Å². The first-order valence-corrected chi connectivity index (χ1v) is 7.66. The first-order valence-electron chi connectivity index (χ1n) is 6.91. The fourth-order valence-electron chi connectivity index (χ4n) is 2.66. The third-order valence-corrected chi connectivity index (χ3v) is 4.66. The Bertz CT molecular complexity index is 755. The lowest BCUT2D eigenvalue weighted by Gasteiger charge is -2.07. The Kier molecular flexibility index (Phi) is 4.15. The molecule has 1 heterocycles. The molecule has 0 aliphatic heterocycles. The monoisotopic (exact) mass is 330 g/mol. The van der Waals surface area contributed by atoms with Crippen LogP contribution < -0.4 is 0 Å². The molecule has 1 aliphatic rings. The van der Waals surface area contributed by atoms with Crippen molar-refractivity contribution < 1.29 is 4.79 Å². The second-order valence-electron chi connectivity index (χ2n) is 5.34. The minimum Gasteiger partial charge on any atom is -0.297 e. The van der Waals surface area contributed by atoms with Crippen LogP contribution in [0.2, 0.25) is 10.0 Å². The van der Waals surface area contributed by atoms with E-state index in [0.717, 1.165) is 12.0 Å². The molecule has 110 valence electrons. The number of nitriles is 1. The van der Waals surface area contributed by atoms with Crippen LogP contribution in [0.5, 0.6) is 0 Å². The quantitative estimate of drug-likeness (QED) is 0.836. The number of nitrogens with zero attached hydrogens (tertiary/aromatic N) is 2. The van der Waals surface area contributed by atoms with Gasteiger partial charge >= 0.3 is 0 Å². The van der Waals surface area contributed by atoms with Crippen LogP contribution in [0.25, 0.3) is 0 Å². The number of carbonyl (C=O) groups is 1. The molecule has 1 fully saturated rings. The SMILES string of the molecule is N#C[C@H](C(=O)[C@H]1C[C@H]1c1ccc(Cl)c(Cl)c1)c1ccccn1. The van der Waals surface area contributed by atoms with Gasteiger partial charge in [0.05, 0.1) is 21.8 Å². The Morgan fingerprint density at radius 2 is 2.09 bits per heavy atom. The molecule has 0 radical (unpaired) electrons. The molecule has 1 aromatic carbocycles. The highest BCUT2D eigenvalue weighted by Crippen LogP contribution is 2.50. The molecule has 0 N–H and O–H groups in total. The van der Waals surface area contributed by atoms with Gasteiger partial charge in [-0.15, -0.1) is 0 Å². The minimum absolute atomic E-state index is 0.0720. The fourth-order valence-corrected chi connectivity index (χ4v) is 2.96. The third-order valence-electron chi connectivity index (χ3n) is 3.92. The molecule has 2 aromatic rings. The highest BCUT2D eigenvalue weighted by atomic mass is 35.5. The summed E-state index contributed by atoms with van der Waals surface area (Å²) in [6.07, 6.45) is 2.33. The zero-order valence-corrected chi connectivity index (χ0v) is 13.1. The average molecular weight is 331 g/mol. The summed E-state index contributed by atoms with van der Waals surface area (Å²) in [5.41, 5.74) is 1.50. The number of ketones is 1. The van der Waals surface area contributed by atoms with E-state index < -0.39 is 5.92 Å². The summed E-state index contributed by atoms with van der Waals surface area (Å²) in [5.74, 6) is -0.915. The summed E-state index contributed by atoms with van der Waals surface area (Å²) in [4.78, 5) is 16.7. The van der Waals surface area contributed by atoms with Gasteiger partial charge < -0.3 is 0 Å². The van der Waals surface area contributed by atoms with Gasteiger partial charge in [-0.1, -0.05) is 35.3 Å². The van der Waals surface area contributed by atoms with Crippen molar-refractivity contribution in [2.24, 2.45) is 5.92 Å². The third kappa shape index (κ3) is 2.85. The van der Waals surface area contributed by atoms with E-state index >= 15 is 0 Å². The largest absolute Gasteiger partial charge is 0.297 e. The molecule has 0 saturated heterocycles. The van der Waals surface area contributed by atoms with Gasteiger partial charge in [-0.25, -0.2) is 0 Å². The van der Waals surface area contributed by atoms with Gasteiger partial charge in [0, 0.05) is 12.1 Å². The standard InChI is InChI=1S/C17H12Cl2N2O/c18-14-5-4-10(7-15(14)19)11-8-12(11)17(22)13(9-20)16-3-1-2-6-21-16/h1-7,11-13H,8H2/t11-,12-,13-/m0/s1. The smallest absolute Gasteiger partial charge is 0.159 e. The lowest BCUT2D eigenvalue weighted by molar-refractivity contribution is -0.120. The molecule has 0 spiro atoms. The van der Waals surface area contributed by atoms with Crippen LogP contribution in [0.3, 0.4) is 0 Å². The van der Waals surface area contributed by atoms with Crippen molar-refractivity contribution in [3.05, 3.63) is 63.9 Å². The van der Waals surface area contributed by atoms with E-state index in [-0.39, 0.29) is 17.6 Å². The molecule has 1 aromatic heterocycles. The van der Waals surface area contributed by atoms with Gasteiger partial charge in [0.25, 0.3) is 0 Å². The van der Waals surface area contributed by atoms with Crippen molar-refractivity contribution >= 4 is 29.0 Å². The number of hydrogen-bond donors (Lipinski definition) is 0. The maximum atomic E-state index is 12.6. The lowest BCUT2D eigenvalue weighted by Crippen LogP contribution is -2.14. The van der Waals surface area contributed by atoms with E-state index in [0.29, 0.717) is 15.7 Å². The van der Waals surface area contributed by atoms with Crippen LogP contribution in [-0.2, 0) is 4.79 Å². The Morgan fingerprint density at radius 3 is 2.73 bits per heavy atom. The van der Waals surface area contributed by atoms with Gasteiger partial charge in [0.1, 0.15) is 5.92 Å². The maximum absolute atomic E-state index is 12.6. The molecule has 3 rings (SSSR count). The molecule has 0 amide bonds. The average Bonchev–Trinajstić information content (AvgIpc) is 3.32. The molecule has 5 heteroatoms. The van der Waals surface area contributed by atoms with E-state index in [1.807, 2.05) is 6.07 Å². The number of hydrogen-bond acceptors (Lipinski definition) is 3. The molecule has 1 aliphatic carbocycles. The fraction of sp³-hybridized carbons (Fsp3) is 0.235. The number of pyridine rings is 1. The first-order chi connectivity index (χ1) is 10.6. The second kappa shape index (κ2) is 6.08. The molecular weight excluding hydrogens is 319 g/mol. The summed E-state index contributed by atoms with van der Waals surface area (Å²) in [6.45, 7) is 0. The number of Topliss-reactive ketones (excluding diaryl/α,β-unsaturated/α-hetero) is 1. The van der Waals surface area contributed by atoms with Gasteiger partial charge in [0.2, 0.25) is 0 Å². The predicted octanol–water partition coefficient (Wildman–Crippen LogP) is 4.37. The number of benzene rings is 1. The minimum atomic E-state index is -0.807. The van der Waals surface area contributed by atoms with Gasteiger partial charge in [-0.05, 0) is 42.2 Å². The lowest BCUT2D eigenvalue weighted by atomic mass is 9.95. The number of carbonyl (C=O) groups excluding carboxylic acids is 1. The number of aromatic nitrogens is 1. The van der Waals surface area contributed by atoms with Crippen molar-refractivity contribution in [2.75, 3.05) is 0 Å². The summed E-state index contributed by atoms with van der Waals surface area (Å²) in [6, 6.07) is 12.7. The summed E-state index contributed by atoms with van der Waals surface area (Å²) in [5, 5.41) is 10.3. The second-order valence-corrected chi connectivity index (χ2v) is 6.16. The van der Waals surface area contributed by atoms with Crippen molar-refractivity contribution in [3.8, 4) is 6.07 Å². The predicted molar refractivity (Wildman–Crippen MR) is 84.9 cm³/mol. The summed E-state index contributed by atoms with van der Waals surface area (Å²) < 4.78 is 0. The zero-order chi connectivity index (χ0) is 15.7. The van der Waals surface area contributed by atoms with E-state index in [1.54, 1.807) is 36.5 Å². The van der Waals surface area contributed by atoms with Gasteiger partial charge in [-0.2, -0.15) is 5.26 Å². The number of halogens is 2. The van der Waals surface area contributed by atoms with E-state index in [2.05, 4.69) is 11.1 Å². The Balaban J connectivity index is 1.77. The normalized spacial score (nSPS) is 21.0. The Hall–Kier alpha value is -1.89. The molecule has 1 saturated carbocycles. The van der Waals surface area contributed by atoms with Crippen molar-refractivity contribution in [3.63, 3.8) is 0 Å². The van der Waals surface area contributed by atoms with Crippen molar-refractivity contribution in [1.82, 2.24) is 4.98 Å². The molecule has 3 atom stereocenters. The van der Waals surface area contributed by atoms with Crippen LogP contribution in [0.4, 0.5) is 0 Å². The maximum Gasteiger partial charge on any atom is 0.159 e.